The van der Waals surface area contributed by atoms with Gasteiger partial charge in [-0.15, -0.1) is 0 Å². The number of fused-ring (bicyclic) bond motifs is 1. The molecule has 3 nitrogen and oxygen atoms in total. The van der Waals surface area contributed by atoms with Crippen molar-refractivity contribution in [3.05, 3.63) is 27.7 Å². The van der Waals surface area contributed by atoms with E-state index in [0.717, 1.165) is 35.4 Å². The second-order valence-corrected chi connectivity index (χ2v) is 5.14. The van der Waals surface area contributed by atoms with Crippen molar-refractivity contribution >= 4 is 21.7 Å². The van der Waals surface area contributed by atoms with Crippen LogP contribution in [0, 0.1) is 0 Å². The summed E-state index contributed by atoms with van der Waals surface area (Å²) in [4.78, 5) is 11.8. The molecule has 1 heterocycles. The van der Waals surface area contributed by atoms with E-state index in [1.807, 2.05) is 13.1 Å². The molecule has 4 heteroatoms. The molecule has 92 valence electrons. The molecule has 0 saturated heterocycles. The summed E-state index contributed by atoms with van der Waals surface area (Å²) < 4.78 is 6.63. The Morgan fingerprint density at radius 2 is 2.35 bits per heavy atom. The molecular formula is C13H16BrNO2. The van der Waals surface area contributed by atoms with E-state index in [-0.39, 0.29) is 5.78 Å². The summed E-state index contributed by atoms with van der Waals surface area (Å²) in [6, 6.07) is 4.06. The van der Waals surface area contributed by atoms with Crippen LogP contribution in [0.25, 0.3) is 0 Å². The van der Waals surface area contributed by atoms with Crippen LogP contribution < -0.4 is 10.1 Å². The van der Waals surface area contributed by atoms with E-state index < -0.39 is 0 Å². The Hall–Kier alpha value is -0.870. The van der Waals surface area contributed by atoms with Crippen molar-refractivity contribution < 1.29 is 9.53 Å². The molecule has 1 N–H and O–H groups in total. The van der Waals surface area contributed by atoms with Crippen LogP contribution >= 0.6 is 15.9 Å². The Bertz CT molecular complexity index is 432. The van der Waals surface area contributed by atoms with E-state index in [4.69, 9.17) is 4.74 Å². The van der Waals surface area contributed by atoms with Crippen LogP contribution in [0.4, 0.5) is 0 Å². The van der Waals surface area contributed by atoms with Gasteiger partial charge in [-0.2, -0.15) is 0 Å². The van der Waals surface area contributed by atoms with Crippen molar-refractivity contribution in [2.24, 2.45) is 0 Å². The summed E-state index contributed by atoms with van der Waals surface area (Å²) in [7, 11) is 1.85. The van der Waals surface area contributed by atoms with Crippen molar-refractivity contribution in [2.45, 2.75) is 19.3 Å². The number of hydrogen-bond acceptors (Lipinski definition) is 3. The van der Waals surface area contributed by atoms with Gasteiger partial charge in [-0.1, -0.05) is 15.9 Å². The fourth-order valence-electron chi connectivity index (χ4n) is 2.04. The number of Topliss-reactive ketones (excluding diaryl/α,β-unsaturated/α-hetero) is 1. The van der Waals surface area contributed by atoms with Crippen LogP contribution in [0.15, 0.2) is 16.6 Å². The van der Waals surface area contributed by atoms with Crippen LogP contribution in [0.3, 0.4) is 0 Å². The van der Waals surface area contributed by atoms with Gasteiger partial charge in [0, 0.05) is 35.8 Å². The van der Waals surface area contributed by atoms with Gasteiger partial charge in [-0.3, -0.25) is 4.79 Å². The van der Waals surface area contributed by atoms with Crippen molar-refractivity contribution in [1.82, 2.24) is 5.32 Å². The van der Waals surface area contributed by atoms with Crippen LogP contribution in [0.2, 0.25) is 0 Å². The number of rotatable bonds is 5. The maximum absolute atomic E-state index is 11.8. The first-order valence-corrected chi connectivity index (χ1v) is 6.60. The van der Waals surface area contributed by atoms with Crippen molar-refractivity contribution in [3.63, 3.8) is 0 Å². The van der Waals surface area contributed by atoms with Crippen LogP contribution in [-0.2, 0) is 17.6 Å². The first kappa shape index (κ1) is 12.6. The zero-order valence-corrected chi connectivity index (χ0v) is 11.5. The molecular weight excluding hydrogens is 282 g/mol. The van der Waals surface area contributed by atoms with Crippen LogP contribution in [0.1, 0.15) is 17.5 Å². The summed E-state index contributed by atoms with van der Waals surface area (Å²) >= 11 is 3.48. The second kappa shape index (κ2) is 5.65. The van der Waals surface area contributed by atoms with Gasteiger partial charge in [0.15, 0.2) is 0 Å². The lowest BCUT2D eigenvalue weighted by atomic mass is 10.0. The molecule has 0 saturated carbocycles. The number of nitrogens with one attached hydrogen (secondary N) is 1. The van der Waals surface area contributed by atoms with Crippen molar-refractivity contribution in [2.75, 3.05) is 20.2 Å². The van der Waals surface area contributed by atoms with Gasteiger partial charge >= 0.3 is 0 Å². The molecule has 0 fully saturated rings. The fourth-order valence-corrected chi connectivity index (χ4v) is 2.60. The Labute approximate surface area is 110 Å². The Balaban J connectivity index is 2.13. The minimum Gasteiger partial charge on any atom is -0.493 e. The highest BCUT2D eigenvalue weighted by Gasteiger charge is 2.18. The third kappa shape index (κ3) is 3.07. The highest BCUT2D eigenvalue weighted by molar-refractivity contribution is 9.10. The fraction of sp³-hybridized carbons (Fsp3) is 0.462. The standard InChI is InChI=1S/C13H16BrNO2/c1-15-4-2-12(16)8-10-7-11(14)6-9-3-5-17-13(9)10/h6-7,15H,2-5,8H2,1H3. The van der Waals surface area contributed by atoms with Crippen LogP contribution in [0.5, 0.6) is 5.75 Å². The summed E-state index contributed by atoms with van der Waals surface area (Å²) in [5.41, 5.74) is 2.21. The van der Waals surface area contributed by atoms with E-state index in [1.54, 1.807) is 0 Å². The first-order valence-electron chi connectivity index (χ1n) is 5.81. The molecule has 17 heavy (non-hydrogen) atoms. The van der Waals surface area contributed by atoms with Gasteiger partial charge in [0.2, 0.25) is 0 Å². The summed E-state index contributed by atoms with van der Waals surface area (Å²) in [5, 5.41) is 2.99. The molecule has 0 radical (unpaired) electrons. The zero-order chi connectivity index (χ0) is 12.3. The Kier molecular flexibility index (Phi) is 4.18. The number of carbonyl (C=O) groups excluding carboxylic acids is 1. The smallest absolute Gasteiger partial charge is 0.138 e. The molecule has 1 aromatic rings. The topological polar surface area (TPSA) is 38.3 Å². The van der Waals surface area contributed by atoms with Crippen LogP contribution in [-0.4, -0.2) is 26.0 Å². The predicted octanol–water partition coefficient (Wildman–Crippen LogP) is 2.11. The van der Waals surface area contributed by atoms with E-state index >= 15 is 0 Å². The van der Waals surface area contributed by atoms with E-state index in [9.17, 15) is 4.79 Å². The number of ketones is 1. The highest BCUT2D eigenvalue weighted by Crippen LogP contribution is 2.33. The maximum Gasteiger partial charge on any atom is 0.138 e. The maximum atomic E-state index is 11.8. The lowest BCUT2D eigenvalue weighted by Crippen LogP contribution is -2.14. The third-order valence-electron chi connectivity index (χ3n) is 2.87. The normalized spacial score (nSPS) is 13.3. The average molecular weight is 298 g/mol. The Morgan fingerprint density at radius 3 is 3.12 bits per heavy atom. The van der Waals surface area contributed by atoms with Gasteiger partial charge in [0.1, 0.15) is 11.5 Å². The third-order valence-corrected chi connectivity index (χ3v) is 3.32. The zero-order valence-electron chi connectivity index (χ0n) is 9.88. The molecule has 0 spiro atoms. The molecule has 0 atom stereocenters. The SMILES string of the molecule is CNCCC(=O)Cc1cc(Br)cc2c1OCC2. The molecule has 1 aromatic carbocycles. The molecule has 0 aliphatic carbocycles. The van der Waals surface area contributed by atoms with E-state index in [0.29, 0.717) is 12.8 Å². The number of hydrogen-bond donors (Lipinski definition) is 1. The van der Waals surface area contributed by atoms with Crippen molar-refractivity contribution in [1.29, 1.82) is 0 Å². The quantitative estimate of drug-likeness (QED) is 0.905. The molecule has 1 aliphatic heterocycles. The molecule has 0 unspecified atom stereocenters. The van der Waals surface area contributed by atoms with E-state index in [2.05, 4.69) is 27.3 Å². The summed E-state index contributed by atoms with van der Waals surface area (Å²) in [5.74, 6) is 1.17. The molecule has 0 bridgehead atoms. The molecule has 0 amide bonds. The van der Waals surface area contributed by atoms with Crippen molar-refractivity contribution in [3.8, 4) is 5.75 Å². The average Bonchev–Trinajstić information content (AvgIpc) is 2.74. The highest BCUT2D eigenvalue weighted by atomic mass is 79.9. The Morgan fingerprint density at radius 1 is 1.53 bits per heavy atom. The first-order chi connectivity index (χ1) is 8.20. The number of halogens is 1. The number of benzene rings is 1. The number of carbonyl (C=O) groups is 1. The number of ether oxygens (including phenoxy) is 1. The minimum absolute atomic E-state index is 0.246. The van der Waals surface area contributed by atoms with Gasteiger partial charge in [-0.25, -0.2) is 0 Å². The van der Waals surface area contributed by atoms with E-state index in [1.165, 1.54) is 5.56 Å². The molecule has 0 aromatic heterocycles. The van der Waals surface area contributed by atoms with Gasteiger partial charge in [0.05, 0.1) is 6.61 Å². The largest absolute Gasteiger partial charge is 0.493 e. The molecule has 1 aliphatic rings. The lowest BCUT2D eigenvalue weighted by molar-refractivity contribution is -0.118. The van der Waals surface area contributed by atoms with Gasteiger partial charge in [0.25, 0.3) is 0 Å². The lowest BCUT2D eigenvalue weighted by Gasteiger charge is -2.08. The van der Waals surface area contributed by atoms with Gasteiger partial charge in [-0.05, 0) is 24.7 Å². The minimum atomic E-state index is 0.246. The predicted molar refractivity (Wildman–Crippen MR) is 70.6 cm³/mol. The monoisotopic (exact) mass is 297 g/mol. The molecule has 2 rings (SSSR count). The summed E-state index contributed by atoms with van der Waals surface area (Å²) in [6.45, 7) is 1.46. The second-order valence-electron chi connectivity index (χ2n) is 4.22. The summed E-state index contributed by atoms with van der Waals surface area (Å²) in [6.07, 6.45) is 1.97. The van der Waals surface area contributed by atoms with Gasteiger partial charge < -0.3 is 10.1 Å².